The van der Waals surface area contributed by atoms with Crippen molar-refractivity contribution in [2.45, 2.75) is 39.7 Å². The molecule has 0 saturated carbocycles. The Morgan fingerprint density at radius 3 is 2.21 bits per heavy atom. The van der Waals surface area contributed by atoms with Crippen molar-refractivity contribution in [3.8, 4) is 0 Å². The van der Waals surface area contributed by atoms with Crippen LogP contribution in [0.3, 0.4) is 0 Å². The molecule has 1 atom stereocenters. The first kappa shape index (κ1) is 15.2. The molecule has 0 heterocycles. The van der Waals surface area contributed by atoms with E-state index in [1.807, 2.05) is 44.2 Å². The van der Waals surface area contributed by atoms with Gasteiger partial charge in [0.2, 0.25) is 5.91 Å². The lowest BCUT2D eigenvalue weighted by Crippen LogP contribution is -2.40. The molecule has 0 aromatic heterocycles. The Morgan fingerprint density at radius 2 is 1.74 bits per heavy atom. The van der Waals surface area contributed by atoms with Crippen LogP contribution in [0.15, 0.2) is 30.3 Å². The van der Waals surface area contributed by atoms with Crippen LogP contribution in [0, 0.1) is 5.92 Å². The molecular weight excluding hydrogens is 242 g/mol. The zero-order valence-electron chi connectivity index (χ0n) is 11.7. The number of nitrogens with zero attached hydrogens (tertiary/aromatic N) is 1. The molecule has 104 valence electrons. The second-order valence-electron chi connectivity index (χ2n) is 4.97. The number of hydrogen-bond donors (Lipinski definition) is 1. The minimum absolute atomic E-state index is 0.0215. The van der Waals surface area contributed by atoms with Gasteiger partial charge in [0.05, 0.1) is 0 Å². The van der Waals surface area contributed by atoms with E-state index in [9.17, 15) is 9.59 Å². The molecule has 1 aromatic rings. The van der Waals surface area contributed by atoms with Gasteiger partial charge in [-0.25, -0.2) is 0 Å². The van der Waals surface area contributed by atoms with Gasteiger partial charge in [-0.05, 0) is 32.4 Å². The van der Waals surface area contributed by atoms with Crippen molar-refractivity contribution in [2.24, 2.45) is 5.92 Å². The van der Waals surface area contributed by atoms with Gasteiger partial charge in [-0.2, -0.15) is 0 Å². The third-order valence-electron chi connectivity index (χ3n) is 3.00. The number of aliphatic carboxylic acids is 1. The maximum Gasteiger partial charge on any atom is 0.303 e. The van der Waals surface area contributed by atoms with E-state index >= 15 is 0 Å². The predicted octanol–water partition coefficient (Wildman–Crippen LogP) is 2.93. The predicted molar refractivity (Wildman–Crippen MR) is 75.1 cm³/mol. The van der Waals surface area contributed by atoms with Crippen molar-refractivity contribution in [1.82, 2.24) is 0 Å². The number of anilines is 1. The van der Waals surface area contributed by atoms with Gasteiger partial charge >= 0.3 is 5.97 Å². The summed E-state index contributed by atoms with van der Waals surface area (Å²) in [5.74, 6) is -1.18. The van der Waals surface area contributed by atoms with E-state index in [-0.39, 0.29) is 24.3 Å². The zero-order valence-corrected chi connectivity index (χ0v) is 11.7. The van der Waals surface area contributed by atoms with E-state index in [1.165, 1.54) is 0 Å². The molecule has 0 saturated heterocycles. The van der Waals surface area contributed by atoms with Gasteiger partial charge in [0, 0.05) is 24.1 Å². The van der Waals surface area contributed by atoms with Crippen molar-refractivity contribution < 1.29 is 14.7 Å². The number of carbonyl (C=O) groups is 2. The SMILES string of the molecule is CC(CCC(=O)O)C(=O)N(c1ccccc1)C(C)C. The number of rotatable bonds is 6. The summed E-state index contributed by atoms with van der Waals surface area (Å²) in [5, 5.41) is 8.68. The standard InChI is InChI=1S/C15H21NO3/c1-11(2)16(13-7-5-4-6-8-13)15(19)12(3)9-10-14(17)18/h4-8,11-12H,9-10H2,1-3H3,(H,17,18). The number of amides is 1. The van der Waals surface area contributed by atoms with Gasteiger partial charge in [0.15, 0.2) is 0 Å². The highest BCUT2D eigenvalue weighted by atomic mass is 16.4. The molecule has 1 amide bonds. The van der Waals surface area contributed by atoms with Crippen LogP contribution in [0.4, 0.5) is 5.69 Å². The van der Waals surface area contributed by atoms with Crippen LogP contribution in [0.2, 0.25) is 0 Å². The average Bonchev–Trinajstić information content (AvgIpc) is 2.36. The summed E-state index contributed by atoms with van der Waals surface area (Å²) in [5.41, 5.74) is 0.852. The molecule has 0 fully saturated rings. The third-order valence-corrected chi connectivity index (χ3v) is 3.00. The van der Waals surface area contributed by atoms with E-state index < -0.39 is 5.97 Å². The van der Waals surface area contributed by atoms with E-state index in [4.69, 9.17) is 5.11 Å². The van der Waals surface area contributed by atoms with E-state index in [0.29, 0.717) is 6.42 Å². The molecule has 1 aromatic carbocycles. The Kier molecular flexibility index (Phi) is 5.55. The Balaban J connectivity index is 2.82. The summed E-state index contributed by atoms with van der Waals surface area (Å²) in [6, 6.07) is 9.51. The smallest absolute Gasteiger partial charge is 0.303 e. The van der Waals surface area contributed by atoms with E-state index in [0.717, 1.165) is 5.69 Å². The molecule has 19 heavy (non-hydrogen) atoms. The van der Waals surface area contributed by atoms with Gasteiger partial charge in [-0.15, -0.1) is 0 Å². The Hall–Kier alpha value is -1.84. The van der Waals surface area contributed by atoms with Gasteiger partial charge in [-0.3, -0.25) is 9.59 Å². The molecular formula is C15H21NO3. The lowest BCUT2D eigenvalue weighted by molar-refractivity contribution is -0.137. The second-order valence-corrected chi connectivity index (χ2v) is 4.97. The van der Waals surface area contributed by atoms with Crippen molar-refractivity contribution in [2.75, 3.05) is 4.90 Å². The second kappa shape index (κ2) is 6.92. The summed E-state index contributed by atoms with van der Waals surface area (Å²) in [7, 11) is 0. The highest BCUT2D eigenvalue weighted by Gasteiger charge is 2.24. The molecule has 0 aliphatic rings. The average molecular weight is 263 g/mol. The fourth-order valence-electron chi connectivity index (χ4n) is 1.97. The Bertz CT molecular complexity index is 428. The highest BCUT2D eigenvalue weighted by molar-refractivity contribution is 5.95. The lowest BCUT2D eigenvalue weighted by Gasteiger charge is -2.29. The number of carbonyl (C=O) groups excluding carboxylic acids is 1. The first-order chi connectivity index (χ1) is 8.93. The van der Waals surface area contributed by atoms with Crippen molar-refractivity contribution in [3.05, 3.63) is 30.3 Å². The van der Waals surface area contributed by atoms with Crippen LogP contribution in [0.25, 0.3) is 0 Å². The van der Waals surface area contributed by atoms with Crippen molar-refractivity contribution in [1.29, 1.82) is 0 Å². The van der Waals surface area contributed by atoms with Gasteiger partial charge < -0.3 is 10.0 Å². The van der Waals surface area contributed by atoms with Gasteiger partial charge in [-0.1, -0.05) is 25.1 Å². The summed E-state index contributed by atoms with van der Waals surface area (Å²) in [4.78, 5) is 24.7. The molecule has 0 aliphatic heterocycles. The number of para-hydroxylation sites is 1. The molecule has 0 spiro atoms. The summed E-state index contributed by atoms with van der Waals surface area (Å²) < 4.78 is 0. The Labute approximate surface area is 114 Å². The summed E-state index contributed by atoms with van der Waals surface area (Å²) in [6.45, 7) is 5.69. The monoisotopic (exact) mass is 263 g/mol. The maximum atomic E-state index is 12.4. The minimum atomic E-state index is -0.865. The minimum Gasteiger partial charge on any atom is -0.481 e. The topological polar surface area (TPSA) is 57.6 Å². The number of hydrogen-bond acceptors (Lipinski definition) is 2. The lowest BCUT2D eigenvalue weighted by atomic mass is 10.0. The molecule has 0 bridgehead atoms. The van der Waals surface area contributed by atoms with Crippen LogP contribution in [0.1, 0.15) is 33.6 Å². The fraction of sp³-hybridized carbons (Fsp3) is 0.467. The van der Waals surface area contributed by atoms with Crippen LogP contribution in [-0.2, 0) is 9.59 Å². The van der Waals surface area contributed by atoms with E-state index in [2.05, 4.69) is 0 Å². The van der Waals surface area contributed by atoms with Crippen LogP contribution in [-0.4, -0.2) is 23.0 Å². The van der Waals surface area contributed by atoms with Gasteiger partial charge in [0.1, 0.15) is 0 Å². The number of benzene rings is 1. The summed E-state index contributed by atoms with van der Waals surface area (Å²) in [6.07, 6.45) is 0.387. The van der Waals surface area contributed by atoms with Gasteiger partial charge in [0.25, 0.3) is 0 Å². The normalized spacial score (nSPS) is 12.2. The third kappa shape index (κ3) is 4.39. The van der Waals surface area contributed by atoms with Crippen LogP contribution < -0.4 is 4.90 Å². The maximum absolute atomic E-state index is 12.4. The molecule has 1 unspecified atom stereocenters. The van der Waals surface area contributed by atoms with Crippen LogP contribution >= 0.6 is 0 Å². The first-order valence-corrected chi connectivity index (χ1v) is 6.53. The molecule has 4 nitrogen and oxygen atoms in total. The van der Waals surface area contributed by atoms with Crippen molar-refractivity contribution >= 4 is 17.6 Å². The molecule has 1 rings (SSSR count). The molecule has 4 heteroatoms. The quantitative estimate of drug-likeness (QED) is 0.858. The molecule has 0 aliphatic carbocycles. The van der Waals surface area contributed by atoms with Crippen LogP contribution in [0.5, 0.6) is 0 Å². The highest BCUT2D eigenvalue weighted by Crippen LogP contribution is 2.21. The Morgan fingerprint density at radius 1 is 1.16 bits per heavy atom. The number of carboxylic acid groups (broad SMARTS) is 1. The first-order valence-electron chi connectivity index (χ1n) is 6.53. The molecule has 0 radical (unpaired) electrons. The zero-order chi connectivity index (χ0) is 14.4. The van der Waals surface area contributed by atoms with E-state index in [1.54, 1.807) is 11.8 Å². The number of carboxylic acids is 1. The molecule has 1 N–H and O–H groups in total. The fourth-order valence-corrected chi connectivity index (χ4v) is 1.97. The van der Waals surface area contributed by atoms with Crippen molar-refractivity contribution in [3.63, 3.8) is 0 Å². The largest absolute Gasteiger partial charge is 0.481 e. The summed E-state index contributed by atoms with van der Waals surface area (Å²) >= 11 is 0.